The molecule has 0 saturated heterocycles. The van der Waals surface area contributed by atoms with E-state index in [2.05, 4.69) is 20.8 Å². The number of aromatic amines is 1. The first kappa shape index (κ1) is 19.8. The van der Waals surface area contributed by atoms with E-state index in [0.717, 1.165) is 22.6 Å². The van der Waals surface area contributed by atoms with Crippen LogP contribution >= 0.6 is 0 Å². The molecular formula is C25H21FN4O2. The highest BCUT2D eigenvalue weighted by Gasteiger charge is 2.31. The summed E-state index contributed by atoms with van der Waals surface area (Å²) in [7, 11) is 0. The number of hydrogen-bond donors (Lipinski definition) is 3. The molecule has 0 spiro atoms. The van der Waals surface area contributed by atoms with Gasteiger partial charge < -0.3 is 15.4 Å². The molecule has 5 rings (SSSR count). The Hall–Kier alpha value is -4.13. The number of nitrogens with one attached hydrogen (secondary N) is 3. The molecule has 1 aliphatic rings. The molecule has 0 radical (unpaired) electrons. The zero-order chi connectivity index (χ0) is 21.9. The standard InChI is InChI=1S/C25H21FN4O2/c26-21-9-5-4-6-17(21)15-32-19-12-10-16(11-13-19)20-14-22(31)28-25-23(20)24(29-30-25)27-18-7-2-1-3-8-18/h1-13,20H,14-15H2,(H3,27,28,29,30,31). The van der Waals surface area contributed by atoms with Gasteiger partial charge in [0.05, 0.1) is 0 Å². The van der Waals surface area contributed by atoms with Crippen molar-refractivity contribution in [2.45, 2.75) is 18.9 Å². The number of carbonyl (C=O) groups excluding carboxylic acids is 1. The molecule has 0 saturated carbocycles. The number of nitrogens with zero attached hydrogens (tertiary/aromatic N) is 1. The summed E-state index contributed by atoms with van der Waals surface area (Å²) in [6, 6.07) is 23.9. The third kappa shape index (κ3) is 4.05. The molecule has 1 aromatic heterocycles. The van der Waals surface area contributed by atoms with Crippen LogP contribution in [0.5, 0.6) is 5.75 Å². The molecule has 32 heavy (non-hydrogen) atoms. The third-order valence-corrected chi connectivity index (χ3v) is 5.48. The van der Waals surface area contributed by atoms with E-state index >= 15 is 0 Å². The van der Waals surface area contributed by atoms with Crippen molar-refractivity contribution in [2.24, 2.45) is 0 Å². The van der Waals surface area contributed by atoms with Crippen molar-refractivity contribution in [3.05, 3.63) is 101 Å². The molecule has 1 atom stereocenters. The number of fused-ring (bicyclic) bond motifs is 1. The largest absolute Gasteiger partial charge is 0.489 e. The van der Waals surface area contributed by atoms with Gasteiger partial charge in [-0.3, -0.25) is 9.89 Å². The predicted molar refractivity (Wildman–Crippen MR) is 121 cm³/mol. The summed E-state index contributed by atoms with van der Waals surface area (Å²) in [5.74, 6) is 1.38. The Balaban J connectivity index is 1.37. The lowest BCUT2D eigenvalue weighted by molar-refractivity contribution is -0.116. The molecule has 1 amide bonds. The number of anilines is 3. The van der Waals surface area contributed by atoms with Crippen LogP contribution in [0.25, 0.3) is 0 Å². The van der Waals surface area contributed by atoms with Crippen molar-refractivity contribution in [1.82, 2.24) is 10.2 Å². The van der Waals surface area contributed by atoms with Crippen LogP contribution in [0, 0.1) is 5.82 Å². The molecule has 0 fully saturated rings. The van der Waals surface area contributed by atoms with Crippen LogP contribution < -0.4 is 15.4 Å². The monoisotopic (exact) mass is 428 g/mol. The molecule has 2 heterocycles. The molecule has 0 aliphatic carbocycles. The average molecular weight is 428 g/mol. The molecule has 3 N–H and O–H groups in total. The summed E-state index contributed by atoms with van der Waals surface area (Å²) in [4.78, 5) is 12.3. The van der Waals surface area contributed by atoms with Crippen LogP contribution in [0.15, 0.2) is 78.9 Å². The van der Waals surface area contributed by atoms with E-state index in [1.165, 1.54) is 6.07 Å². The van der Waals surface area contributed by atoms with Crippen molar-refractivity contribution >= 4 is 23.2 Å². The maximum absolute atomic E-state index is 13.8. The van der Waals surface area contributed by atoms with Crippen molar-refractivity contribution in [1.29, 1.82) is 0 Å². The minimum Gasteiger partial charge on any atom is -0.489 e. The lowest BCUT2D eigenvalue weighted by Crippen LogP contribution is -2.23. The van der Waals surface area contributed by atoms with Gasteiger partial charge in [-0.1, -0.05) is 48.5 Å². The van der Waals surface area contributed by atoms with Crippen LogP contribution in [-0.2, 0) is 11.4 Å². The Kier molecular flexibility index (Phi) is 5.29. The normalized spacial score (nSPS) is 15.0. The summed E-state index contributed by atoms with van der Waals surface area (Å²) < 4.78 is 19.6. The van der Waals surface area contributed by atoms with Gasteiger partial charge in [-0.25, -0.2) is 4.39 Å². The fourth-order valence-corrected chi connectivity index (χ4v) is 3.87. The molecule has 0 bridgehead atoms. The van der Waals surface area contributed by atoms with Gasteiger partial charge in [0, 0.05) is 29.2 Å². The number of rotatable bonds is 6. The van der Waals surface area contributed by atoms with E-state index in [1.807, 2.05) is 54.6 Å². The lowest BCUT2D eigenvalue weighted by atomic mass is 9.86. The maximum atomic E-state index is 13.8. The summed E-state index contributed by atoms with van der Waals surface area (Å²) >= 11 is 0. The summed E-state index contributed by atoms with van der Waals surface area (Å²) in [6.07, 6.45) is 0.311. The van der Waals surface area contributed by atoms with E-state index in [-0.39, 0.29) is 24.2 Å². The van der Waals surface area contributed by atoms with Gasteiger partial charge in [-0.05, 0) is 35.9 Å². The second kappa shape index (κ2) is 8.55. The number of carbonyl (C=O) groups is 1. The van der Waals surface area contributed by atoms with E-state index in [4.69, 9.17) is 4.74 Å². The summed E-state index contributed by atoms with van der Waals surface area (Å²) in [5.41, 5.74) is 3.30. The number of aromatic nitrogens is 2. The Morgan fingerprint density at radius 3 is 2.53 bits per heavy atom. The number of halogens is 1. The molecular weight excluding hydrogens is 407 g/mol. The van der Waals surface area contributed by atoms with Gasteiger partial charge in [0.2, 0.25) is 5.91 Å². The molecule has 160 valence electrons. The third-order valence-electron chi connectivity index (χ3n) is 5.48. The van der Waals surface area contributed by atoms with Crippen molar-refractivity contribution < 1.29 is 13.9 Å². The van der Waals surface area contributed by atoms with Crippen molar-refractivity contribution in [3.8, 4) is 5.75 Å². The molecule has 1 unspecified atom stereocenters. The minimum atomic E-state index is -0.289. The average Bonchev–Trinajstić information content (AvgIpc) is 3.21. The first-order valence-electron chi connectivity index (χ1n) is 10.3. The molecule has 1 aliphatic heterocycles. The Labute approximate surface area is 184 Å². The number of para-hydroxylation sites is 1. The summed E-state index contributed by atoms with van der Waals surface area (Å²) in [6.45, 7) is 0.148. The highest BCUT2D eigenvalue weighted by molar-refractivity contribution is 5.95. The molecule has 7 heteroatoms. The van der Waals surface area contributed by atoms with Gasteiger partial charge in [-0.15, -0.1) is 0 Å². The Morgan fingerprint density at radius 2 is 1.75 bits per heavy atom. The van der Waals surface area contributed by atoms with E-state index in [0.29, 0.717) is 23.6 Å². The van der Waals surface area contributed by atoms with Gasteiger partial charge in [0.25, 0.3) is 0 Å². The van der Waals surface area contributed by atoms with Crippen LogP contribution in [0.2, 0.25) is 0 Å². The van der Waals surface area contributed by atoms with Gasteiger partial charge in [-0.2, -0.15) is 5.10 Å². The molecule has 3 aromatic carbocycles. The lowest BCUT2D eigenvalue weighted by Gasteiger charge is -2.23. The fraction of sp³-hybridized carbons (Fsp3) is 0.120. The first-order chi connectivity index (χ1) is 15.7. The second-order valence-electron chi connectivity index (χ2n) is 7.61. The van der Waals surface area contributed by atoms with E-state index < -0.39 is 0 Å². The molecule has 6 nitrogen and oxygen atoms in total. The highest BCUT2D eigenvalue weighted by atomic mass is 19.1. The number of benzene rings is 3. The van der Waals surface area contributed by atoms with Crippen LogP contribution in [0.1, 0.15) is 29.0 Å². The highest BCUT2D eigenvalue weighted by Crippen LogP contribution is 2.41. The Bertz CT molecular complexity index is 1240. The van der Waals surface area contributed by atoms with E-state index in [1.54, 1.807) is 18.2 Å². The van der Waals surface area contributed by atoms with Crippen LogP contribution in [0.3, 0.4) is 0 Å². The van der Waals surface area contributed by atoms with Crippen molar-refractivity contribution in [2.75, 3.05) is 10.6 Å². The van der Waals surface area contributed by atoms with Crippen LogP contribution in [0.4, 0.5) is 21.7 Å². The predicted octanol–water partition coefficient (Wildman–Crippen LogP) is 5.35. The maximum Gasteiger partial charge on any atom is 0.226 e. The van der Waals surface area contributed by atoms with Gasteiger partial charge in [0.15, 0.2) is 5.82 Å². The zero-order valence-corrected chi connectivity index (χ0v) is 17.1. The Morgan fingerprint density at radius 1 is 1.00 bits per heavy atom. The minimum absolute atomic E-state index is 0.0832. The number of ether oxygens (including phenoxy) is 1. The van der Waals surface area contributed by atoms with Crippen LogP contribution in [-0.4, -0.2) is 16.1 Å². The van der Waals surface area contributed by atoms with E-state index in [9.17, 15) is 9.18 Å². The summed E-state index contributed by atoms with van der Waals surface area (Å²) in [5, 5.41) is 13.5. The van der Waals surface area contributed by atoms with Gasteiger partial charge in [0.1, 0.15) is 24.0 Å². The second-order valence-corrected chi connectivity index (χ2v) is 7.61. The quantitative estimate of drug-likeness (QED) is 0.387. The van der Waals surface area contributed by atoms with Gasteiger partial charge >= 0.3 is 0 Å². The number of hydrogen-bond acceptors (Lipinski definition) is 4. The molecule has 4 aromatic rings. The smallest absolute Gasteiger partial charge is 0.226 e. The zero-order valence-electron chi connectivity index (χ0n) is 17.1. The number of amides is 1. The fourth-order valence-electron chi connectivity index (χ4n) is 3.87. The number of H-pyrrole nitrogens is 1. The topological polar surface area (TPSA) is 79.0 Å². The SMILES string of the molecule is O=C1CC(c2ccc(OCc3ccccc3F)cc2)c2c(n[nH]c2Nc2ccccc2)N1. The first-order valence-corrected chi connectivity index (χ1v) is 10.3. The van der Waals surface area contributed by atoms with Crippen molar-refractivity contribution in [3.63, 3.8) is 0 Å².